The van der Waals surface area contributed by atoms with Crippen LogP contribution in [0.4, 0.5) is 0 Å². The molecule has 0 radical (unpaired) electrons. The van der Waals surface area contributed by atoms with Gasteiger partial charge in [0.1, 0.15) is 0 Å². The molecule has 1 heteroatoms. The van der Waals surface area contributed by atoms with Gasteiger partial charge in [-0.3, -0.25) is 0 Å². The molecule has 0 unspecified atom stereocenters. The Morgan fingerprint density at radius 1 is 1.27 bits per heavy atom. The van der Waals surface area contributed by atoms with Crippen LogP contribution in [-0.4, -0.2) is 0 Å². The standard InChI is InChI=1S/C14H19Cl/c1-3-5-6-7-13-9-8-12(4-2)10-14(13)11-15/h4,8-10H,2-3,5-7,11H2,1H3. The number of hydrogen-bond donors (Lipinski definition) is 0. The molecule has 0 heterocycles. The Morgan fingerprint density at radius 2 is 2.07 bits per heavy atom. The molecule has 0 fully saturated rings. The molecule has 0 saturated heterocycles. The van der Waals surface area contributed by atoms with Crippen LogP contribution in [0.5, 0.6) is 0 Å². The average Bonchev–Trinajstić information content (AvgIpc) is 2.29. The monoisotopic (exact) mass is 222 g/mol. The molecule has 0 amide bonds. The second-order valence-corrected chi connectivity index (χ2v) is 4.09. The largest absolute Gasteiger partial charge is 0.122 e. The lowest BCUT2D eigenvalue weighted by Gasteiger charge is -2.08. The molecule has 0 spiro atoms. The van der Waals surface area contributed by atoms with E-state index in [2.05, 4.69) is 31.7 Å². The maximum atomic E-state index is 5.94. The molecule has 1 aromatic rings. The first-order chi connectivity index (χ1) is 7.31. The van der Waals surface area contributed by atoms with Gasteiger partial charge in [0.2, 0.25) is 0 Å². The molecule has 0 bridgehead atoms. The first-order valence-electron chi connectivity index (χ1n) is 5.62. The lowest BCUT2D eigenvalue weighted by molar-refractivity contribution is 0.715. The maximum Gasteiger partial charge on any atom is 0.0477 e. The molecule has 82 valence electrons. The van der Waals surface area contributed by atoms with E-state index in [9.17, 15) is 0 Å². The molecule has 1 aromatic carbocycles. The number of hydrogen-bond acceptors (Lipinski definition) is 0. The van der Waals surface area contributed by atoms with Crippen LogP contribution in [0.2, 0.25) is 0 Å². The first-order valence-corrected chi connectivity index (χ1v) is 6.15. The topological polar surface area (TPSA) is 0 Å². The third-order valence-electron chi connectivity index (χ3n) is 2.66. The fourth-order valence-corrected chi connectivity index (χ4v) is 1.96. The minimum atomic E-state index is 0.600. The van der Waals surface area contributed by atoms with Gasteiger partial charge in [0, 0.05) is 5.88 Å². The highest BCUT2D eigenvalue weighted by Gasteiger charge is 2.01. The van der Waals surface area contributed by atoms with Crippen LogP contribution in [-0.2, 0) is 12.3 Å². The third-order valence-corrected chi connectivity index (χ3v) is 2.95. The lowest BCUT2D eigenvalue weighted by atomic mass is 10.00. The van der Waals surface area contributed by atoms with E-state index in [1.807, 2.05) is 6.08 Å². The summed E-state index contributed by atoms with van der Waals surface area (Å²) in [4.78, 5) is 0. The Hall–Kier alpha value is -0.750. The van der Waals surface area contributed by atoms with Gasteiger partial charge >= 0.3 is 0 Å². The van der Waals surface area contributed by atoms with E-state index in [1.54, 1.807) is 0 Å². The molecule has 0 aliphatic carbocycles. The first kappa shape index (κ1) is 12.3. The molecule has 0 saturated carbocycles. The SMILES string of the molecule is C=Cc1ccc(CCCCC)c(CCl)c1. The van der Waals surface area contributed by atoms with E-state index in [1.165, 1.54) is 30.4 Å². The van der Waals surface area contributed by atoms with Crippen LogP contribution in [0, 0.1) is 0 Å². The number of unbranched alkanes of at least 4 members (excludes halogenated alkanes) is 2. The summed E-state index contributed by atoms with van der Waals surface area (Å²) in [7, 11) is 0. The van der Waals surface area contributed by atoms with E-state index < -0.39 is 0 Å². The molecule has 0 aliphatic heterocycles. The number of benzene rings is 1. The Labute approximate surface area is 98.0 Å². The van der Waals surface area contributed by atoms with Gasteiger partial charge in [-0.15, -0.1) is 11.6 Å². The van der Waals surface area contributed by atoms with Crippen LogP contribution >= 0.6 is 11.6 Å². The number of aryl methyl sites for hydroxylation is 1. The Bertz CT molecular complexity index is 315. The minimum Gasteiger partial charge on any atom is -0.122 e. The van der Waals surface area contributed by atoms with E-state index in [0.29, 0.717) is 5.88 Å². The summed E-state index contributed by atoms with van der Waals surface area (Å²) in [5, 5.41) is 0. The molecule has 0 aromatic heterocycles. The Kier molecular flexibility index (Phi) is 5.49. The summed E-state index contributed by atoms with van der Waals surface area (Å²) in [5.41, 5.74) is 3.80. The van der Waals surface area contributed by atoms with Gasteiger partial charge < -0.3 is 0 Å². The summed E-state index contributed by atoms with van der Waals surface area (Å²) in [5.74, 6) is 0.600. The highest BCUT2D eigenvalue weighted by Crippen LogP contribution is 2.17. The van der Waals surface area contributed by atoms with Crippen molar-refractivity contribution in [1.29, 1.82) is 0 Å². The van der Waals surface area contributed by atoms with Crippen LogP contribution in [0.25, 0.3) is 6.08 Å². The molecular formula is C14H19Cl. The van der Waals surface area contributed by atoms with Crippen molar-refractivity contribution in [2.75, 3.05) is 0 Å². The number of halogens is 1. The van der Waals surface area contributed by atoms with E-state index in [4.69, 9.17) is 11.6 Å². The number of alkyl halides is 1. The Morgan fingerprint density at radius 3 is 2.67 bits per heavy atom. The zero-order valence-corrected chi connectivity index (χ0v) is 10.2. The molecule has 0 atom stereocenters. The second kappa shape index (κ2) is 6.68. The third kappa shape index (κ3) is 3.71. The fraction of sp³-hybridized carbons (Fsp3) is 0.429. The van der Waals surface area contributed by atoms with Crippen molar-refractivity contribution >= 4 is 17.7 Å². The van der Waals surface area contributed by atoms with Crippen molar-refractivity contribution < 1.29 is 0 Å². The van der Waals surface area contributed by atoms with Crippen molar-refractivity contribution in [1.82, 2.24) is 0 Å². The van der Waals surface area contributed by atoms with Gasteiger partial charge in [-0.1, -0.05) is 50.6 Å². The average molecular weight is 223 g/mol. The van der Waals surface area contributed by atoms with Gasteiger partial charge in [-0.25, -0.2) is 0 Å². The maximum absolute atomic E-state index is 5.94. The predicted octanol–water partition coefficient (Wildman–Crippen LogP) is 4.80. The van der Waals surface area contributed by atoms with Gasteiger partial charge in [0.15, 0.2) is 0 Å². The van der Waals surface area contributed by atoms with Crippen LogP contribution < -0.4 is 0 Å². The molecule has 15 heavy (non-hydrogen) atoms. The number of rotatable bonds is 6. The summed E-state index contributed by atoms with van der Waals surface area (Å²) >= 11 is 5.94. The summed E-state index contributed by atoms with van der Waals surface area (Å²) < 4.78 is 0. The zero-order valence-electron chi connectivity index (χ0n) is 9.43. The molecule has 0 N–H and O–H groups in total. The molecular weight excluding hydrogens is 204 g/mol. The van der Waals surface area contributed by atoms with Crippen molar-refractivity contribution in [3.63, 3.8) is 0 Å². The summed E-state index contributed by atoms with van der Waals surface area (Å²) in [6.45, 7) is 5.99. The van der Waals surface area contributed by atoms with Crippen molar-refractivity contribution in [2.24, 2.45) is 0 Å². The fourth-order valence-electron chi connectivity index (χ4n) is 1.71. The van der Waals surface area contributed by atoms with Crippen LogP contribution in [0.1, 0.15) is 42.9 Å². The van der Waals surface area contributed by atoms with Gasteiger partial charge in [-0.05, 0) is 29.5 Å². The Balaban J connectivity index is 2.73. The quantitative estimate of drug-likeness (QED) is 0.479. The minimum absolute atomic E-state index is 0.600. The molecule has 0 nitrogen and oxygen atoms in total. The van der Waals surface area contributed by atoms with Crippen molar-refractivity contribution in [3.05, 3.63) is 41.5 Å². The summed E-state index contributed by atoms with van der Waals surface area (Å²) in [6.07, 6.45) is 6.83. The lowest BCUT2D eigenvalue weighted by Crippen LogP contribution is -1.93. The van der Waals surface area contributed by atoms with E-state index in [0.717, 1.165) is 12.0 Å². The van der Waals surface area contributed by atoms with E-state index in [-0.39, 0.29) is 0 Å². The smallest absolute Gasteiger partial charge is 0.0477 e. The van der Waals surface area contributed by atoms with E-state index >= 15 is 0 Å². The second-order valence-electron chi connectivity index (χ2n) is 3.82. The zero-order chi connectivity index (χ0) is 11.1. The van der Waals surface area contributed by atoms with Crippen molar-refractivity contribution in [3.8, 4) is 0 Å². The van der Waals surface area contributed by atoms with Gasteiger partial charge in [0.25, 0.3) is 0 Å². The van der Waals surface area contributed by atoms with Gasteiger partial charge in [0.05, 0.1) is 0 Å². The van der Waals surface area contributed by atoms with Crippen molar-refractivity contribution in [2.45, 2.75) is 38.5 Å². The highest BCUT2D eigenvalue weighted by molar-refractivity contribution is 6.17. The molecule has 1 rings (SSSR count). The van der Waals surface area contributed by atoms with Gasteiger partial charge in [-0.2, -0.15) is 0 Å². The summed E-state index contributed by atoms with van der Waals surface area (Å²) in [6, 6.07) is 6.44. The predicted molar refractivity (Wildman–Crippen MR) is 69.3 cm³/mol. The van der Waals surface area contributed by atoms with Crippen LogP contribution in [0.3, 0.4) is 0 Å². The van der Waals surface area contributed by atoms with Crippen LogP contribution in [0.15, 0.2) is 24.8 Å². The normalized spacial score (nSPS) is 10.3. The highest BCUT2D eigenvalue weighted by atomic mass is 35.5. The molecule has 0 aliphatic rings.